The second-order valence-corrected chi connectivity index (χ2v) is 5.59. The average molecular weight is 353 g/mol. The van der Waals surface area contributed by atoms with Crippen LogP contribution in [0.4, 0.5) is 0 Å². The molecule has 1 unspecified atom stereocenters. The summed E-state index contributed by atoms with van der Waals surface area (Å²) >= 11 is 0. The van der Waals surface area contributed by atoms with E-state index >= 15 is 0 Å². The zero-order valence-electron chi connectivity index (χ0n) is 14.5. The fourth-order valence-corrected chi connectivity index (χ4v) is 2.53. The maximum atomic E-state index is 12.1. The van der Waals surface area contributed by atoms with Crippen molar-refractivity contribution in [2.45, 2.75) is 13.0 Å². The molecule has 0 aliphatic rings. The Morgan fingerprint density at radius 3 is 2.65 bits per heavy atom. The molecule has 0 saturated carbocycles. The first-order chi connectivity index (χ1) is 12.7. The van der Waals surface area contributed by atoms with Crippen LogP contribution in [-0.4, -0.2) is 29.8 Å². The van der Waals surface area contributed by atoms with E-state index in [1.165, 1.54) is 6.39 Å². The van der Waals surface area contributed by atoms with Gasteiger partial charge in [-0.15, -0.1) is 10.2 Å². The van der Waals surface area contributed by atoms with E-state index in [0.717, 1.165) is 16.9 Å². The smallest absolute Gasteiger partial charge is 0.258 e. The van der Waals surface area contributed by atoms with Gasteiger partial charge in [0.05, 0.1) is 13.2 Å². The number of aromatic nitrogens is 2. The molecule has 3 rings (SSSR count). The number of para-hydroxylation sites is 1. The molecule has 0 aliphatic heterocycles. The lowest BCUT2D eigenvalue weighted by molar-refractivity contribution is -0.123. The number of nitrogens with one attached hydrogen (secondary N) is 1. The fraction of sp³-hybridized carbons (Fsp3) is 0.211. The van der Waals surface area contributed by atoms with Crippen LogP contribution in [0.1, 0.15) is 18.5 Å². The SMILES string of the molecule is COc1ccccc1C(C)NC(=O)COc1ccc(-c2nnco2)cc1. The fourth-order valence-electron chi connectivity index (χ4n) is 2.53. The third-order valence-electron chi connectivity index (χ3n) is 3.81. The number of ether oxygens (including phenoxy) is 2. The topological polar surface area (TPSA) is 86.5 Å². The van der Waals surface area contributed by atoms with Gasteiger partial charge in [-0.3, -0.25) is 4.79 Å². The summed E-state index contributed by atoms with van der Waals surface area (Å²) in [5.74, 6) is 1.52. The second kappa shape index (κ2) is 8.15. The highest BCUT2D eigenvalue weighted by Crippen LogP contribution is 2.24. The minimum atomic E-state index is -0.218. The molecule has 1 amide bonds. The van der Waals surface area contributed by atoms with Gasteiger partial charge in [0.25, 0.3) is 5.91 Å². The van der Waals surface area contributed by atoms with Crippen LogP contribution in [0, 0.1) is 0 Å². The van der Waals surface area contributed by atoms with Gasteiger partial charge in [-0.2, -0.15) is 0 Å². The molecule has 0 aliphatic carbocycles. The highest BCUT2D eigenvalue weighted by atomic mass is 16.5. The van der Waals surface area contributed by atoms with E-state index in [2.05, 4.69) is 15.5 Å². The summed E-state index contributed by atoms with van der Waals surface area (Å²) in [5.41, 5.74) is 1.69. The standard InChI is InChI=1S/C19H19N3O4/c1-13(16-5-3-4-6-17(16)24-2)21-18(23)11-25-15-9-7-14(8-10-15)19-22-20-12-26-19/h3-10,12-13H,11H2,1-2H3,(H,21,23). The highest BCUT2D eigenvalue weighted by Gasteiger charge is 2.14. The van der Waals surface area contributed by atoms with E-state index in [1.54, 1.807) is 31.4 Å². The van der Waals surface area contributed by atoms with Crippen LogP contribution in [0.5, 0.6) is 11.5 Å². The molecular formula is C19H19N3O4. The number of hydrogen-bond acceptors (Lipinski definition) is 6. The van der Waals surface area contributed by atoms with Crippen molar-refractivity contribution >= 4 is 5.91 Å². The van der Waals surface area contributed by atoms with E-state index in [0.29, 0.717) is 11.6 Å². The molecule has 0 saturated heterocycles. The lowest BCUT2D eigenvalue weighted by Gasteiger charge is -2.17. The quantitative estimate of drug-likeness (QED) is 0.703. The van der Waals surface area contributed by atoms with Gasteiger partial charge in [0.1, 0.15) is 11.5 Å². The largest absolute Gasteiger partial charge is 0.496 e. The van der Waals surface area contributed by atoms with Crippen LogP contribution >= 0.6 is 0 Å². The van der Waals surface area contributed by atoms with Crippen LogP contribution in [0.25, 0.3) is 11.5 Å². The van der Waals surface area contributed by atoms with Crippen LogP contribution in [0.15, 0.2) is 59.3 Å². The zero-order chi connectivity index (χ0) is 18.4. The molecule has 1 atom stereocenters. The van der Waals surface area contributed by atoms with E-state index < -0.39 is 0 Å². The van der Waals surface area contributed by atoms with Crippen molar-refractivity contribution in [1.82, 2.24) is 15.5 Å². The van der Waals surface area contributed by atoms with Crippen LogP contribution in [0.2, 0.25) is 0 Å². The van der Waals surface area contributed by atoms with Crippen LogP contribution in [0.3, 0.4) is 0 Å². The first-order valence-electron chi connectivity index (χ1n) is 8.09. The van der Waals surface area contributed by atoms with E-state index in [1.807, 2.05) is 31.2 Å². The Balaban J connectivity index is 1.54. The summed E-state index contributed by atoms with van der Waals surface area (Å²) in [5, 5.41) is 10.4. The number of nitrogens with zero attached hydrogens (tertiary/aromatic N) is 2. The predicted octanol–water partition coefficient (Wildman–Crippen LogP) is 3.00. The number of methoxy groups -OCH3 is 1. The van der Waals surface area contributed by atoms with Crippen LogP contribution in [-0.2, 0) is 4.79 Å². The maximum absolute atomic E-state index is 12.1. The summed E-state index contributed by atoms with van der Waals surface area (Å²) in [6, 6.07) is 14.5. The third kappa shape index (κ3) is 4.18. The molecule has 7 heteroatoms. The lowest BCUT2D eigenvalue weighted by atomic mass is 10.1. The van der Waals surface area contributed by atoms with E-state index in [9.17, 15) is 4.79 Å². The zero-order valence-corrected chi connectivity index (χ0v) is 14.5. The van der Waals surface area contributed by atoms with Crippen molar-refractivity contribution in [2.75, 3.05) is 13.7 Å². The third-order valence-corrected chi connectivity index (χ3v) is 3.81. The normalized spacial score (nSPS) is 11.6. The number of rotatable bonds is 7. The number of hydrogen-bond donors (Lipinski definition) is 1. The Hall–Kier alpha value is -3.35. The van der Waals surface area contributed by atoms with Crippen molar-refractivity contribution in [3.05, 3.63) is 60.5 Å². The maximum Gasteiger partial charge on any atom is 0.258 e. The minimum Gasteiger partial charge on any atom is -0.496 e. The summed E-state index contributed by atoms with van der Waals surface area (Å²) < 4.78 is 16.0. The lowest BCUT2D eigenvalue weighted by Crippen LogP contribution is -2.31. The summed E-state index contributed by atoms with van der Waals surface area (Å²) in [6.07, 6.45) is 1.27. The van der Waals surface area contributed by atoms with Crippen molar-refractivity contribution in [3.63, 3.8) is 0 Å². The molecule has 26 heavy (non-hydrogen) atoms. The second-order valence-electron chi connectivity index (χ2n) is 5.59. The first-order valence-corrected chi connectivity index (χ1v) is 8.09. The first kappa shape index (κ1) is 17.5. The van der Waals surface area contributed by atoms with Gasteiger partial charge >= 0.3 is 0 Å². The summed E-state index contributed by atoms with van der Waals surface area (Å²) in [6.45, 7) is 1.81. The van der Waals surface area contributed by atoms with Gasteiger partial charge in [0.2, 0.25) is 12.3 Å². The van der Waals surface area contributed by atoms with Gasteiger partial charge in [-0.25, -0.2) is 0 Å². The molecule has 1 aromatic heterocycles. The molecule has 7 nitrogen and oxygen atoms in total. The Morgan fingerprint density at radius 2 is 1.96 bits per heavy atom. The molecule has 0 radical (unpaired) electrons. The Bertz CT molecular complexity index is 847. The molecule has 2 aromatic carbocycles. The van der Waals surface area contributed by atoms with Gasteiger partial charge in [0, 0.05) is 11.1 Å². The van der Waals surface area contributed by atoms with Crippen molar-refractivity contribution in [3.8, 4) is 23.0 Å². The predicted molar refractivity (Wildman–Crippen MR) is 94.8 cm³/mol. The number of carbonyl (C=O) groups is 1. The molecule has 134 valence electrons. The number of amides is 1. The molecule has 0 spiro atoms. The molecule has 1 heterocycles. The van der Waals surface area contributed by atoms with Gasteiger partial charge in [-0.05, 0) is 37.3 Å². The summed E-state index contributed by atoms with van der Waals surface area (Å²) in [7, 11) is 1.61. The highest BCUT2D eigenvalue weighted by molar-refractivity contribution is 5.78. The van der Waals surface area contributed by atoms with Crippen LogP contribution < -0.4 is 14.8 Å². The Kier molecular flexibility index (Phi) is 5.48. The molecule has 3 aromatic rings. The number of benzene rings is 2. The molecule has 0 fully saturated rings. The minimum absolute atomic E-state index is 0.0839. The van der Waals surface area contributed by atoms with Gasteiger partial charge in [-0.1, -0.05) is 18.2 Å². The van der Waals surface area contributed by atoms with Gasteiger partial charge < -0.3 is 19.2 Å². The van der Waals surface area contributed by atoms with Crippen molar-refractivity contribution < 1.29 is 18.7 Å². The van der Waals surface area contributed by atoms with E-state index in [-0.39, 0.29) is 18.6 Å². The monoisotopic (exact) mass is 353 g/mol. The molecular weight excluding hydrogens is 334 g/mol. The van der Waals surface area contributed by atoms with Crippen molar-refractivity contribution in [1.29, 1.82) is 0 Å². The number of carbonyl (C=O) groups excluding carboxylic acids is 1. The molecule has 0 bridgehead atoms. The Labute approximate surface area is 151 Å². The van der Waals surface area contributed by atoms with Gasteiger partial charge in [0.15, 0.2) is 6.61 Å². The average Bonchev–Trinajstić information content (AvgIpc) is 3.21. The Morgan fingerprint density at radius 1 is 1.19 bits per heavy atom. The molecule has 1 N–H and O–H groups in total. The summed E-state index contributed by atoms with van der Waals surface area (Å²) in [4.78, 5) is 12.1. The van der Waals surface area contributed by atoms with E-state index in [4.69, 9.17) is 13.9 Å². The van der Waals surface area contributed by atoms with Crippen molar-refractivity contribution in [2.24, 2.45) is 0 Å².